The van der Waals surface area contributed by atoms with Crippen LogP contribution in [0.15, 0.2) is 60.7 Å². The summed E-state index contributed by atoms with van der Waals surface area (Å²) in [4.78, 5) is 14.8. The minimum Gasteiger partial charge on any atom is -0.348 e. The zero-order valence-corrected chi connectivity index (χ0v) is 15.2. The van der Waals surface area contributed by atoms with Crippen LogP contribution in [-0.2, 0) is 11.2 Å². The molecule has 1 aliphatic carbocycles. The van der Waals surface area contributed by atoms with E-state index in [0.717, 1.165) is 38.8 Å². The average Bonchev–Trinajstić information content (AvgIpc) is 2.69. The largest absolute Gasteiger partial charge is 0.348 e. The molecule has 0 aromatic heterocycles. The Hall–Kier alpha value is -2.39. The lowest BCUT2D eigenvalue weighted by Crippen LogP contribution is -2.41. The Morgan fingerprint density at radius 3 is 2.65 bits per heavy atom. The van der Waals surface area contributed by atoms with Gasteiger partial charge in [0.05, 0.1) is 12.6 Å². The van der Waals surface area contributed by atoms with Crippen LogP contribution in [0.25, 0.3) is 5.57 Å². The van der Waals surface area contributed by atoms with Gasteiger partial charge in [0.15, 0.2) is 0 Å². The minimum atomic E-state index is 0.142. The molecule has 1 amide bonds. The maximum atomic E-state index is 12.6. The first kappa shape index (κ1) is 17.0. The first-order chi connectivity index (χ1) is 12.8. The lowest BCUT2D eigenvalue weighted by molar-refractivity contribution is -0.123. The van der Waals surface area contributed by atoms with E-state index < -0.39 is 0 Å². The third-order valence-electron chi connectivity index (χ3n) is 5.51. The Labute approximate surface area is 155 Å². The van der Waals surface area contributed by atoms with Crippen LogP contribution >= 0.6 is 0 Å². The Morgan fingerprint density at radius 2 is 1.85 bits per heavy atom. The summed E-state index contributed by atoms with van der Waals surface area (Å²) in [5.41, 5.74) is 5.38. The second-order valence-electron chi connectivity index (χ2n) is 7.29. The van der Waals surface area contributed by atoms with Crippen LogP contribution in [0.3, 0.4) is 0 Å². The smallest absolute Gasteiger partial charge is 0.234 e. The van der Waals surface area contributed by atoms with Crippen molar-refractivity contribution in [1.82, 2.24) is 10.2 Å². The van der Waals surface area contributed by atoms with Gasteiger partial charge in [0.25, 0.3) is 0 Å². The molecule has 4 rings (SSSR count). The molecule has 0 fully saturated rings. The van der Waals surface area contributed by atoms with E-state index >= 15 is 0 Å². The molecule has 3 heteroatoms. The summed E-state index contributed by atoms with van der Waals surface area (Å²) in [6.45, 7) is 2.27. The predicted octanol–water partition coefficient (Wildman–Crippen LogP) is 3.97. The Morgan fingerprint density at radius 1 is 1.04 bits per heavy atom. The molecule has 134 valence electrons. The lowest BCUT2D eigenvalue weighted by Gasteiger charge is -2.29. The summed E-state index contributed by atoms with van der Waals surface area (Å²) in [6, 6.07) is 19.2. The molecule has 0 unspecified atom stereocenters. The summed E-state index contributed by atoms with van der Waals surface area (Å²) >= 11 is 0. The molecule has 0 bridgehead atoms. The third kappa shape index (κ3) is 3.88. The molecule has 1 heterocycles. The van der Waals surface area contributed by atoms with Crippen molar-refractivity contribution in [3.05, 3.63) is 77.4 Å². The Bertz CT molecular complexity index is 797. The van der Waals surface area contributed by atoms with Gasteiger partial charge in [-0.2, -0.15) is 0 Å². The summed E-state index contributed by atoms with van der Waals surface area (Å²) in [5, 5.41) is 3.26. The van der Waals surface area contributed by atoms with Gasteiger partial charge in [0.1, 0.15) is 0 Å². The number of carbonyl (C=O) groups is 1. The van der Waals surface area contributed by atoms with E-state index in [9.17, 15) is 4.79 Å². The molecule has 2 aromatic carbocycles. The summed E-state index contributed by atoms with van der Waals surface area (Å²) in [6.07, 6.45) is 6.59. The van der Waals surface area contributed by atoms with Crippen LogP contribution in [-0.4, -0.2) is 30.4 Å². The van der Waals surface area contributed by atoms with Crippen LogP contribution in [0.1, 0.15) is 42.0 Å². The van der Waals surface area contributed by atoms with Crippen molar-refractivity contribution in [1.29, 1.82) is 0 Å². The fraction of sp³-hybridized carbons (Fsp3) is 0.348. The molecule has 1 N–H and O–H groups in total. The highest BCUT2D eigenvalue weighted by Gasteiger charge is 2.22. The van der Waals surface area contributed by atoms with E-state index in [1.807, 2.05) is 6.07 Å². The van der Waals surface area contributed by atoms with Crippen molar-refractivity contribution >= 4 is 11.5 Å². The summed E-state index contributed by atoms with van der Waals surface area (Å²) < 4.78 is 0. The van der Waals surface area contributed by atoms with E-state index in [4.69, 9.17) is 0 Å². The van der Waals surface area contributed by atoms with Crippen molar-refractivity contribution in [2.24, 2.45) is 0 Å². The second kappa shape index (κ2) is 7.88. The predicted molar refractivity (Wildman–Crippen MR) is 106 cm³/mol. The maximum absolute atomic E-state index is 12.6. The van der Waals surface area contributed by atoms with Crippen LogP contribution in [0.4, 0.5) is 0 Å². The zero-order chi connectivity index (χ0) is 17.8. The van der Waals surface area contributed by atoms with Crippen LogP contribution in [0.2, 0.25) is 0 Å². The van der Waals surface area contributed by atoms with E-state index in [0.29, 0.717) is 6.54 Å². The van der Waals surface area contributed by atoms with Gasteiger partial charge in [-0.3, -0.25) is 9.69 Å². The number of hydrogen-bond donors (Lipinski definition) is 1. The molecule has 0 radical (unpaired) electrons. The summed E-state index contributed by atoms with van der Waals surface area (Å²) in [7, 11) is 0. The first-order valence-corrected chi connectivity index (χ1v) is 9.63. The van der Waals surface area contributed by atoms with Gasteiger partial charge < -0.3 is 5.32 Å². The van der Waals surface area contributed by atoms with Crippen molar-refractivity contribution in [3.63, 3.8) is 0 Å². The van der Waals surface area contributed by atoms with Gasteiger partial charge in [0.2, 0.25) is 5.91 Å². The van der Waals surface area contributed by atoms with Gasteiger partial charge in [-0.15, -0.1) is 0 Å². The molecule has 0 spiro atoms. The highest BCUT2D eigenvalue weighted by Crippen LogP contribution is 2.29. The molecule has 3 nitrogen and oxygen atoms in total. The quantitative estimate of drug-likeness (QED) is 0.908. The molecule has 0 saturated heterocycles. The number of amides is 1. The molecule has 26 heavy (non-hydrogen) atoms. The first-order valence-electron chi connectivity index (χ1n) is 9.63. The van der Waals surface area contributed by atoms with Crippen LogP contribution in [0.5, 0.6) is 0 Å². The molecule has 2 aromatic rings. The number of nitrogens with zero attached hydrogens (tertiary/aromatic N) is 1. The number of carbonyl (C=O) groups excluding carboxylic acids is 1. The van der Waals surface area contributed by atoms with E-state index in [-0.39, 0.29) is 11.9 Å². The standard InChI is InChI=1S/C23H26N2O/c26-23(24-22-12-6-10-20-9-4-5-11-21(20)22)17-25-15-13-19(14-16-25)18-7-2-1-3-8-18/h1-5,7-9,11,13,22H,6,10,12,14-17H2,(H,24,26)/t22-/m1/s1. The Kier molecular flexibility index (Phi) is 5.16. The maximum Gasteiger partial charge on any atom is 0.234 e. The lowest BCUT2D eigenvalue weighted by atomic mass is 9.88. The normalized spacial score (nSPS) is 20.2. The van der Waals surface area contributed by atoms with E-state index in [2.05, 4.69) is 64.8 Å². The molecule has 1 atom stereocenters. The van der Waals surface area contributed by atoms with E-state index in [1.54, 1.807) is 0 Å². The fourth-order valence-corrected chi connectivity index (χ4v) is 4.12. The van der Waals surface area contributed by atoms with Crippen LogP contribution in [0, 0.1) is 0 Å². The number of aryl methyl sites for hydroxylation is 1. The summed E-state index contributed by atoms with van der Waals surface area (Å²) in [5.74, 6) is 0.142. The number of hydrogen-bond acceptors (Lipinski definition) is 2. The number of rotatable bonds is 4. The zero-order valence-electron chi connectivity index (χ0n) is 15.2. The molecular weight excluding hydrogens is 320 g/mol. The van der Waals surface area contributed by atoms with Crippen molar-refractivity contribution in [2.75, 3.05) is 19.6 Å². The fourth-order valence-electron chi connectivity index (χ4n) is 4.12. The topological polar surface area (TPSA) is 32.3 Å². The van der Waals surface area contributed by atoms with Gasteiger partial charge in [-0.25, -0.2) is 0 Å². The van der Waals surface area contributed by atoms with Gasteiger partial charge >= 0.3 is 0 Å². The highest BCUT2D eigenvalue weighted by molar-refractivity contribution is 5.79. The van der Waals surface area contributed by atoms with Crippen LogP contribution < -0.4 is 5.32 Å². The van der Waals surface area contributed by atoms with Gasteiger partial charge in [0, 0.05) is 13.1 Å². The van der Waals surface area contributed by atoms with E-state index in [1.165, 1.54) is 22.3 Å². The molecular formula is C23H26N2O. The number of benzene rings is 2. The molecule has 0 saturated carbocycles. The minimum absolute atomic E-state index is 0.142. The average molecular weight is 346 g/mol. The Balaban J connectivity index is 1.33. The highest BCUT2D eigenvalue weighted by atomic mass is 16.2. The second-order valence-corrected chi connectivity index (χ2v) is 7.29. The molecule has 1 aliphatic heterocycles. The number of nitrogens with one attached hydrogen (secondary N) is 1. The molecule has 2 aliphatic rings. The van der Waals surface area contributed by atoms with Crippen molar-refractivity contribution in [3.8, 4) is 0 Å². The number of fused-ring (bicyclic) bond motifs is 1. The van der Waals surface area contributed by atoms with Crippen molar-refractivity contribution in [2.45, 2.75) is 31.7 Å². The SMILES string of the molecule is O=C(CN1CC=C(c2ccccc2)CC1)N[C@@H]1CCCc2ccccc21. The van der Waals surface area contributed by atoms with Gasteiger partial charge in [-0.1, -0.05) is 60.7 Å². The third-order valence-corrected chi connectivity index (χ3v) is 5.51. The monoisotopic (exact) mass is 346 g/mol. The van der Waals surface area contributed by atoms with Gasteiger partial charge in [-0.05, 0) is 47.9 Å². The van der Waals surface area contributed by atoms with Crippen molar-refractivity contribution < 1.29 is 4.79 Å².